The van der Waals surface area contributed by atoms with Gasteiger partial charge < -0.3 is 16.5 Å². The molecule has 1 unspecified atom stereocenters. The third-order valence-corrected chi connectivity index (χ3v) is 4.98. The quantitative estimate of drug-likeness (QED) is 0.412. The van der Waals surface area contributed by atoms with Crippen molar-refractivity contribution < 1.29 is 9.59 Å². The summed E-state index contributed by atoms with van der Waals surface area (Å²) in [6.07, 6.45) is 0.533. The molecule has 9 heteroatoms. The summed E-state index contributed by atoms with van der Waals surface area (Å²) in [6, 6.07) is 14.7. The molecule has 1 aliphatic heterocycles. The van der Waals surface area contributed by atoms with Crippen LogP contribution in [0.5, 0.6) is 0 Å². The number of benzene rings is 2. The summed E-state index contributed by atoms with van der Waals surface area (Å²) >= 11 is 0. The number of anilines is 1. The molecule has 0 aliphatic carbocycles. The number of nitrogens with zero attached hydrogens (tertiary/aromatic N) is 2. The third kappa shape index (κ3) is 3.16. The van der Waals surface area contributed by atoms with Crippen LogP contribution in [0.2, 0.25) is 0 Å². The monoisotopic (exact) mass is 391 g/mol. The Hall–Kier alpha value is -3.56. The SMILES string of the molecule is NCCc1ccccc1C1(C(N)=O)NCN=C1C(=O)Nc1nc2ccccc2[nH]1. The molecule has 1 atom stereocenters. The fraction of sp³-hybridized carbons (Fsp3) is 0.200. The van der Waals surface area contributed by atoms with E-state index in [-0.39, 0.29) is 18.3 Å². The average Bonchev–Trinajstić information content (AvgIpc) is 3.33. The van der Waals surface area contributed by atoms with Crippen LogP contribution < -0.4 is 22.1 Å². The summed E-state index contributed by atoms with van der Waals surface area (Å²) in [4.78, 5) is 37.3. The fourth-order valence-electron chi connectivity index (χ4n) is 3.68. The van der Waals surface area contributed by atoms with E-state index in [0.717, 1.165) is 11.1 Å². The smallest absolute Gasteiger partial charge is 0.274 e. The van der Waals surface area contributed by atoms with Gasteiger partial charge in [-0.05, 0) is 36.2 Å². The second-order valence-corrected chi connectivity index (χ2v) is 6.71. The van der Waals surface area contributed by atoms with Crippen LogP contribution in [-0.2, 0) is 21.5 Å². The lowest BCUT2D eigenvalue weighted by molar-refractivity contribution is -0.123. The molecule has 1 aromatic heterocycles. The zero-order valence-electron chi connectivity index (χ0n) is 15.6. The third-order valence-electron chi connectivity index (χ3n) is 4.98. The highest BCUT2D eigenvalue weighted by Crippen LogP contribution is 2.30. The number of carbonyl (C=O) groups is 2. The Morgan fingerprint density at radius 2 is 1.90 bits per heavy atom. The molecule has 0 saturated heterocycles. The lowest BCUT2D eigenvalue weighted by Gasteiger charge is -2.29. The number of imidazole rings is 1. The summed E-state index contributed by atoms with van der Waals surface area (Å²) in [5, 5.41) is 5.71. The number of amides is 2. The van der Waals surface area contributed by atoms with E-state index in [9.17, 15) is 9.59 Å². The van der Waals surface area contributed by atoms with E-state index in [1.165, 1.54) is 0 Å². The minimum absolute atomic E-state index is 0.00470. The molecule has 0 spiro atoms. The van der Waals surface area contributed by atoms with Gasteiger partial charge in [0.1, 0.15) is 5.71 Å². The minimum Gasteiger partial charge on any atom is -0.367 e. The molecule has 0 saturated carbocycles. The van der Waals surface area contributed by atoms with E-state index in [1.807, 2.05) is 36.4 Å². The number of fused-ring (bicyclic) bond motifs is 1. The largest absolute Gasteiger partial charge is 0.367 e. The van der Waals surface area contributed by atoms with Gasteiger partial charge in [-0.2, -0.15) is 0 Å². The van der Waals surface area contributed by atoms with Gasteiger partial charge in [-0.25, -0.2) is 4.98 Å². The summed E-state index contributed by atoms with van der Waals surface area (Å²) in [5.41, 5.74) is 12.9. The van der Waals surface area contributed by atoms with Crippen molar-refractivity contribution in [3.63, 3.8) is 0 Å². The van der Waals surface area contributed by atoms with Crippen LogP contribution in [0.4, 0.5) is 5.95 Å². The van der Waals surface area contributed by atoms with Crippen molar-refractivity contribution in [2.24, 2.45) is 16.5 Å². The van der Waals surface area contributed by atoms with Crippen LogP contribution in [0, 0.1) is 0 Å². The number of aromatic nitrogens is 2. The molecule has 0 fully saturated rings. The second-order valence-electron chi connectivity index (χ2n) is 6.71. The number of hydrogen-bond acceptors (Lipinski definition) is 6. The summed E-state index contributed by atoms with van der Waals surface area (Å²) < 4.78 is 0. The van der Waals surface area contributed by atoms with Gasteiger partial charge in [0.05, 0.1) is 17.7 Å². The molecule has 148 valence electrons. The lowest BCUT2D eigenvalue weighted by atomic mass is 9.81. The average molecular weight is 391 g/mol. The summed E-state index contributed by atoms with van der Waals surface area (Å²) in [7, 11) is 0. The van der Waals surface area contributed by atoms with Gasteiger partial charge in [-0.3, -0.25) is 25.2 Å². The Morgan fingerprint density at radius 1 is 1.14 bits per heavy atom. The molecule has 29 heavy (non-hydrogen) atoms. The number of nitrogens with two attached hydrogens (primary N) is 2. The van der Waals surface area contributed by atoms with Crippen molar-refractivity contribution in [1.82, 2.24) is 15.3 Å². The normalized spacial score (nSPS) is 18.6. The van der Waals surface area contributed by atoms with E-state index >= 15 is 0 Å². The van der Waals surface area contributed by atoms with Gasteiger partial charge in [0, 0.05) is 0 Å². The Bertz CT molecular complexity index is 1090. The fourth-order valence-corrected chi connectivity index (χ4v) is 3.68. The lowest BCUT2D eigenvalue weighted by Crippen LogP contribution is -2.58. The number of hydrogen-bond donors (Lipinski definition) is 5. The first-order chi connectivity index (χ1) is 14.1. The molecule has 2 amide bonds. The van der Waals surface area contributed by atoms with E-state index in [0.29, 0.717) is 24.0 Å². The van der Waals surface area contributed by atoms with Crippen LogP contribution in [0.15, 0.2) is 53.5 Å². The molecule has 2 aromatic carbocycles. The first-order valence-corrected chi connectivity index (χ1v) is 9.20. The maximum atomic E-state index is 13.1. The second kappa shape index (κ2) is 7.46. The number of para-hydroxylation sites is 2. The highest BCUT2D eigenvalue weighted by molar-refractivity contribution is 6.50. The predicted octanol–water partition coefficient (Wildman–Crippen LogP) is 0.385. The Morgan fingerprint density at radius 3 is 2.66 bits per heavy atom. The van der Waals surface area contributed by atoms with Gasteiger partial charge in [0.25, 0.3) is 5.91 Å². The standard InChI is InChI=1S/C20H21N7O2/c21-10-9-12-5-1-2-6-13(12)20(18(22)29)16(23-11-24-20)17(28)27-19-25-14-7-3-4-8-15(14)26-19/h1-8,24H,9-11,21H2,(H2,22,29)(H2,25,26,27,28). The summed E-state index contributed by atoms with van der Waals surface area (Å²) in [6.45, 7) is 0.478. The van der Waals surface area contributed by atoms with Crippen LogP contribution >= 0.6 is 0 Å². The van der Waals surface area contributed by atoms with Gasteiger partial charge in [0.15, 0.2) is 5.54 Å². The van der Waals surface area contributed by atoms with Gasteiger partial charge in [-0.15, -0.1) is 0 Å². The Labute approximate surface area is 166 Å². The Kier molecular flexibility index (Phi) is 4.83. The van der Waals surface area contributed by atoms with Crippen molar-refractivity contribution in [3.05, 3.63) is 59.7 Å². The maximum absolute atomic E-state index is 13.1. The van der Waals surface area contributed by atoms with Crippen LogP contribution in [0.3, 0.4) is 0 Å². The number of nitrogens with one attached hydrogen (secondary N) is 3. The number of aliphatic imine (C=N–C) groups is 1. The zero-order valence-corrected chi connectivity index (χ0v) is 15.6. The molecule has 4 rings (SSSR count). The highest BCUT2D eigenvalue weighted by atomic mass is 16.2. The molecule has 9 nitrogen and oxygen atoms in total. The van der Waals surface area contributed by atoms with Gasteiger partial charge in [0.2, 0.25) is 11.9 Å². The van der Waals surface area contributed by atoms with Crippen LogP contribution in [-0.4, -0.2) is 40.7 Å². The zero-order chi connectivity index (χ0) is 20.4. The van der Waals surface area contributed by atoms with Crippen molar-refractivity contribution in [1.29, 1.82) is 0 Å². The molecule has 2 heterocycles. The highest BCUT2D eigenvalue weighted by Gasteiger charge is 2.50. The van der Waals surface area contributed by atoms with E-state index in [4.69, 9.17) is 11.5 Å². The summed E-state index contributed by atoms with van der Waals surface area (Å²) in [5.74, 6) is -1.01. The molecular formula is C20H21N7O2. The van der Waals surface area contributed by atoms with Crippen molar-refractivity contribution in [2.45, 2.75) is 12.0 Å². The molecular weight excluding hydrogens is 370 g/mol. The first-order valence-electron chi connectivity index (χ1n) is 9.20. The van der Waals surface area contributed by atoms with Gasteiger partial charge in [-0.1, -0.05) is 36.4 Å². The molecule has 0 bridgehead atoms. The maximum Gasteiger partial charge on any atom is 0.274 e. The van der Waals surface area contributed by atoms with E-state index in [2.05, 4.69) is 25.6 Å². The van der Waals surface area contributed by atoms with E-state index in [1.54, 1.807) is 12.1 Å². The number of primary amides is 1. The number of H-pyrrole nitrogens is 1. The van der Waals surface area contributed by atoms with Crippen LogP contribution in [0.1, 0.15) is 11.1 Å². The number of rotatable bonds is 6. The topological polar surface area (TPSA) is 151 Å². The van der Waals surface area contributed by atoms with Crippen molar-refractivity contribution >= 4 is 34.5 Å². The van der Waals surface area contributed by atoms with Crippen molar-refractivity contribution in [3.8, 4) is 0 Å². The van der Waals surface area contributed by atoms with Crippen LogP contribution in [0.25, 0.3) is 11.0 Å². The minimum atomic E-state index is -1.54. The Balaban J connectivity index is 1.72. The molecule has 1 aliphatic rings. The van der Waals surface area contributed by atoms with Gasteiger partial charge >= 0.3 is 0 Å². The molecule has 7 N–H and O–H groups in total. The predicted molar refractivity (Wildman–Crippen MR) is 110 cm³/mol. The number of carbonyl (C=O) groups excluding carboxylic acids is 2. The van der Waals surface area contributed by atoms with E-state index < -0.39 is 17.4 Å². The molecule has 3 aromatic rings. The number of aromatic amines is 1. The molecule has 0 radical (unpaired) electrons. The van der Waals surface area contributed by atoms with Crippen molar-refractivity contribution in [2.75, 3.05) is 18.5 Å². The first kappa shape index (κ1) is 18.8.